The maximum absolute atomic E-state index is 5.89. The van der Waals surface area contributed by atoms with Crippen molar-refractivity contribution >= 4 is 33.3 Å². The molecule has 1 aromatic rings. The van der Waals surface area contributed by atoms with Gasteiger partial charge in [-0.3, -0.25) is 0 Å². The van der Waals surface area contributed by atoms with Gasteiger partial charge in [-0.2, -0.15) is 0 Å². The van der Waals surface area contributed by atoms with E-state index in [-0.39, 0.29) is 0 Å². The quantitative estimate of drug-likeness (QED) is 0.878. The summed E-state index contributed by atoms with van der Waals surface area (Å²) >= 11 is 9.30. The second-order valence-corrected chi connectivity index (χ2v) is 4.28. The second kappa shape index (κ2) is 4.68. The summed E-state index contributed by atoms with van der Waals surface area (Å²) in [7, 11) is 0. The Balaban J connectivity index is 2.16. The molecule has 3 nitrogen and oxygen atoms in total. The molecule has 0 saturated heterocycles. The monoisotopic (exact) mass is 285 g/mol. The van der Waals surface area contributed by atoms with Crippen molar-refractivity contribution < 1.29 is 0 Å². The normalized spacial score (nSPS) is 15.1. The Bertz CT molecular complexity index is 428. The summed E-state index contributed by atoms with van der Waals surface area (Å²) in [5, 5.41) is 7.03. The average molecular weight is 287 g/mol. The van der Waals surface area contributed by atoms with Crippen LogP contribution in [0.1, 0.15) is 0 Å². The molecule has 0 atom stereocenters. The van der Waals surface area contributed by atoms with E-state index in [0.717, 1.165) is 27.7 Å². The van der Waals surface area contributed by atoms with Gasteiger partial charge in [-0.05, 0) is 40.2 Å². The number of hydrogen-bond acceptors (Lipinski definition) is 3. The summed E-state index contributed by atoms with van der Waals surface area (Å²) in [6.45, 7) is 0.724. The fraction of sp³-hybridized carbons (Fsp3) is 0.100. The lowest BCUT2D eigenvalue weighted by Gasteiger charge is -2.15. The molecule has 78 valence electrons. The molecule has 15 heavy (non-hydrogen) atoms. The molecule has 2 rings (SSSR count). The van der Waals surface area contributed by atoms with Gasteiger partial charge < -0.3 is 10.6 Å². The minimum Gasteiger partial charge on any atom is -0.368 e. The standard InChI is InChI=1S/C10H9BrClN3/c11-8-2-1-4-14-10(8)15-9-6-7(12)3-5-13-9/h1-4,6,13H,5H2,(H,14,15). The molecule has 0 spiro atoms. The van der Waals surface area contributed by atoms with Gasteiger partial charge in [0.05, 0.1) is 4.47 Å². The van der Waals surface area contributed by atoms with E-state index in [2.05, 4.69) is 31.5 Å². The van der Waals surface area contributed by atoms with E-state index >= 15 is 0 Å². The average Bonchev–Trinajstić information content (AvgIpc) is 2.22. The van der Waals surface area contributed by atoms with Crippen molar-refractivity contribution in [2.45, 2.75) is 0 Å². The third-order valence-electron chi connectivity index (χ3n) is 1.88. The van der Waals surface area contributed by atoms with Crippen molar-refractivity contribution in [3.05, 3.63) is 45.8 Å². The number of pyridine rings is 1. The van der Waals surface area contributed by atoms with Crippen LogP contribution in [-0.2, 0) is 0 Å². The first kappa shape index (κ1) is 10.5. The van der Waals surface area contributed by atoms with Crippen LogP contribution >= 0.6 is 27.5 Å². The third-order valence-corrected chi connectivity index (χ3v) is 2.79. The van der Waals surface area contributed by atoms with Crippen molar-refractivity contribution in [2.75, 3.05) is 11.9 Å². The number of nitrogens with zero attached hydrogens (tertiary/aromatic N) is 1. The van der Waals surface area contributed by atoms with Gasteiger partial charge in [0, 0.05) is 17.8 Å². The van der Waals surface area contributed by atoms with Gasteiger partial charge in [0.15, 0.2) is 0 Å². The van der Waals surface area contributed by atoms with Crippen molar-refractivity contribution in [1.29, 1.82) is 0 Å². The van der Waals surface area contributed by atoms with E-state index in [0.29, 0.717) is 0 Å². The third kappa shape index (κ3) is 2.73. The summed E-state index contributed by atoms with van der Waals surface area (Å²) in [5.41, 5.74) is 0. The van der Waals surface area contributed by atoms with Crippen molar-refractivity contribution in [3.8, 4) is 0 Å². The summed E-state index contributed by atoms with van der Waals surface area (Å²) in [5.74, 6) is 1.62. The van der Waals surface area contributed by atoms with Crippen LogP contribution in [0.4, 0.5) is 5.82 Å². The Morgan fingerprint density at radius 1 is 1.53 bits per heavy atom. The maximum atomic E-state index is 5.89. The van der Waals surface area contributed by atoms with Crippen LogP contribution in [0.25, 0.3) is 0 Å². The predicted molar refractivity (Wildman–Crippen MR) is 65.6 cm³/mol. The minimum absolute atomic E-state index is 0.724. The lowest BCUT2D eigenvalue weighted by molar-refractivity contribution is 0.890. The number of halogens is 2. The Morgan fingerprint density at radius 3 is 3.13 bits per heavy atom. The number of aromatic nitrogens is 1. The highest BCUT2D eigenvalue weighted by atomic mass is 79.9. The molecule has 5 heteroatoms. The van der Waals surface area contributed by atoms with Gasteiger partial charge in [-0.15, -0.1) is 0 Å². The predicted octanol–water partition coefficient (Wildman–Crippen LogP) is 2.82. The fourth-order valence-electron chi connectivity index (χ4n) is 1.19. The van der Waals surface area contributed by atoms with Crippen LogP contribution in [0.2, 0.25) is 0 Å². The van der Waals surface area contributed by atoms with Crippen molar-refractivity contribution in [3.63, 3.8) is 0 Å². The van der Waals surface area contributed by atoms with Gasteiger partial charge in [0.25, 0.3) is 0 Å². The van der Waals surface area contributed by atoms with Crippen LogP contribution in [0.15, 0.2) is 45.8 Å². The summed E-state index contributed by atoms with van der Waals surface area (Å²) in [6, 6.07) is 3.79. The molecule has 2 heterocycles. The zero-order valence-electron chi connectivity index (χ0n) is 7.80. The zero-order chi connectivity index (χ0) is 10.7. The molecular formula is C10H9BrClN3. The molecule has 2 N–H and O–H groups in total. The number of hydrogen-bond donors (Lipinski definition) is 2. The van der Waals surface area contributed by atoms with E-state index in [1.54, 1.807) is 6.20 Å². The summed E-state index contributed by atoms with van der Waals surface area (Å²) < 4.78 is 0.915. The van der Waals surface area contributed by atoms with E-state index in [1.165, 1.54) is 0 Å². The van der Waals surface area contributed by atoms with Crippen LogP contribution in [-0.4, -0.2) is 11.5 Å². The Morgan fingerprint density at radius 2 is 2.40 bits per heavy atom. The van der Waals surface area contributed by atoms with Crippen molar-refractivity contribution in [2.24, 2.45) is 0 Å². The summed E-state index contributed by atoms with van der Waals surface area (Å²) in [4.78, 5) is 4.20. The van der Waals surface area contributed by atoms with E-state index < -0.39 is 0 Å². The van der Waals surface area contributed by atoms with E-state index in [9.17, 15) is 0 Å². The first-order chi connectivity index (χ1) is 7.25. The Hall–Kier alpha value is -1.00. The smallest absolute Gasteiger partial charge is 0.145 e. The Kier molecular flexibility index (Phi) is 3.28. The molecule has 1 aliphatic rings. The van der Waals surface area contributed by atoms with Gasteiger partial charge in [0.2, 0.25) is 0 Å². The maximum Gasteiger partial charge on any atom is 0.145 e. The van der Waals surface area contributed by atoms with E-state index in [1.807, 2.05) is 24.3 Å². The molecule has 1 aliphatic heterocycles. The van der Waals surface area contributed by atoms with Crippen LogP contribution in [0, 0.1) is 0 Å². The number of dihydropyridines is 1. The first-order valence-corrected chi connectivity index (χ1v) is 5.61. The molecular weight excluding hydrogens is 277 g/mol. The molecule has 1 aromatic heterocycles. The SMILES string of the molecule is ClC1=CCNC(Nc2ncccc2Br)=C1. The second-order valence-electron chi connectivity index (χ2n) is 2.99. The number of rotatable bonds is 2. The highest BCUT2D eigenvalue weighted by molar-refractivity contribution is 9.10. The fourth-order valence-corrected chi connectivity index (χ4v) is 1.73. The molecule has 0 radical (unpaired) electrons. The van der Waals surface area contributed by atoms with Gasteiger partial charge in [-0.1, -0.05) is 11.6 Å². The largest absolute Gasteiger partial charge is 0.368 e. The number of anilines is 1. The molecule has 0 saturated carbocycles. The molecule has 0 amide bonds. The van der Waals surface area contributed by atoms with E-state index in [4.69, 9.17) is 11.6 Å². The van der Waals surface area contributed by atoms with Gasteiger partial charge >= 0.3 is 0 Å². The minimum atomic E-state index is 0.724. The molecule has 0 fully saturated rings. The topological polar surface area (TPSA) is 37.0 Å². The van der Waals surface area contributed by atoms with Crippen LogP contribution in [0.5, 0.6) is 0 Å². The lowest BCUT2D eigenvalue weighted by atomic mass is 10.3. The Labute approximate surface area is 101 Å². The number of nitrogens with one attached hydrogen (secondary N) is 2. The molecule has 0 bridgehead atoms. The number of allylic oxidation sites excluding steroid dienone is 2. The molecule has 0 aliphatic carbocycles. The van der Waals surface area contributed by atoms with Gasteiger partial charge in [-0.25, -0.2) is 4.98 Å². The first-order valence-electron chi connectivity index (χ1n) is 4.44. The van der Waals surface area contributed by atoms with Crippen molar-refractivity contribution in [1.82, 2.24) is 10.3 Å². The van der Waals surface area contributed by atoms with Crippen LogP contribution < -0.4 is 10.6 Å². The highest BCUT2D eigenvalue weighted by Gasteiger charge is 2.05. The zero-order valence-corrected chi connectivity index (χ0v) is 10.1. The molecule has 0 aromatic carbocycles. The summed E-state index contributed by atoms with van der Waals surface area (Å²) in [6.07, 6.45) is 5.46. The van der Waals surface area contributed by atoms with Crippen LogP contribution in [0.3, 0.4) is 0 Å². The van der Waals surface area contributed by atoms with Gasteiger partial charge in [0.1, 0.15) is 11.6 Å². The highest BCUT2D eigenvalue weighted by Crippen LogP contribution is 2.20. The molecule has 0 unspecified atom stereocenters. The lowest BCUT2D eigenvalue weighted by Crippen LogP contribution is -2.22.